The number of hydrogen-bond acceptors (Lipinski definition) is 5. The standard InChI is InChI=1S/C15H24N6/c1-5-7-13-19-14(16-4)12(3)15(20-13)18-11(2)10-21-9-6-8-17-21/h6,8-9,11H,5,7,10H2,1-4H3,(H2,16,18,19,20). The number of rotatable bonds is 7. The van der Waals surface area contributed by atoms with Gasteiger partial charge in [0.2, 0.25) is 0 Å². The van der Waals surface area contributed by atoms with E-state index in [9.17, 15) is 0 Å². The van der Waals surface area contributed by atoms with Crippen molar-refractivity contribution in [1.29, 1.82) is 0 Å². The highest BCUT2D eigenvalue weighted by molar-refractivity contribution is 5.57. The second kappa shape index (κ2) is 7.06. The lowest BCUT2D eigenvalue weighted by molar-refractivity contribution is 0.559. The van der Waals surface area contributed by atoms with E-state index in [0.717, 1.165) is 42.4 Å². The predicted octanol–water partition coefficient (Wildman–Crippen LogP) is 2.48. The Bertz CT molecular complexity index is 564. The molecule has 0 amide bonds. The fourth-order valence-corrected chi connectivity index (χ4v) is 2.25. The van der Waals surface area contributed by atoms with Gasteiger partial charge in [0.05, 0.1) is 6.54 Å². The van der Waals surface area contributed by atoms with Gasteiger partial charge in [0.25, 0.3) is 0 Å². The number of anilines is 2. The summed E-state index contributed by atoms with van der Waals surface area (Å²) in [6.07, 6.45) is 5.68. The molecule has 2 aromatic heterocycles. The molecule has 1 unspecified atom stereocenters. The van der Waals surface area contributed by atoms with Crippen LogP contribution >= 0.6 is 0 Å². The van der Waals surface area contributed by atoms with E-state index in [4.69, 9.17) is 0 Å². The van der Waals surface area contributed by atoms with Crippen molar-refractivity contribution in [3.8, 4) is 0 Å². The Morgan fingerprint density at radius 1 is 1.29 bits per heavy atom. The van der Waals surface area contributed by atoms with E-state index in [2.05, 4.69) is 39.5 Å². The third-order valence-corrected chi connectivity index (χ3v) is 3.31. The van der Waals surface area contributed by atoms with E-state index in [1.807, 2.05) is 30.9 Å². The van der Waals surface area contributed by atoms with Gasteiger partial charge < -0.3 is 10.6 Å². The zero-order valence-electron chi connectivity index (χ0n) is 13.2. The van der Waals surface area contributed by atoms with E-state index in [1.165, 1.54) is 0 Å². The molecule has 2 heterocycles. The van der Waals surface area contributed by atoms with Gasteiger partial charge in [0.15, 0.2) is 0 Å². The molecule has 1 atom stereocenters. The largest absolute Gasteiger partial charge is 0.373 e. The second-order valence-corrected chi connectivity index (χ2v) is 5.24. The van der Waals surface area contributed by atoms with Gasteiger partial charge in [-0.1, -0.05) is 6.92 Å². The maximum absolute atomic E-state index is 4.65. The Balaban J connectivity index is 2.15. The van der Waals surface area contributed by atoms with Gasteiger partial charge in [-0.2, -0.15) is 5.10 Å². The highest BCUT2D eigenvalue weighted by Gasteiger charge is 2.12. The molecule has 0 aliphatic heterocycles. The maximum atomic E-state index is 4.65. The van der Waals surface area contributed by atoms with Crippen molar-refractivity contribution in [1.82, 2.24) is 19.7 Å². The van der Waals surface area contributed by atoms with Gasteiger partial charge in [-0.3, -0.25) is 4.68 Å². The minimum Gasteiger partial charge on any atom is -0.373 e. The fourth-order valence-electron chi connectivity index (χ4n) is 2.25. The zero-order valence-corrected chi connectivity index (χ0v) is 13.2. The van der Waals surface area contributed by atoms with Crippen LogP contribution in [0.15, 0.2) is 18.5 Å². The van der Waals surface area contributed by atoms with Crippen molar-refractivity contribution in [2.24, 2.45) is 0 Å². The molecule has 0 bridgehead atoms. The molecular formula is C15H24N6. The summed E-state index contributed by atoms with van der Waals surface area (Å²) in [4.78, 5) is 9.19. The predicted molar refractivity (Wildman–Crippen MR) is 85.6 cm³/mol. The van der Waals surface area contributed by atoms with Crippen LogP contribution in [0.4, 0.5) is 11.6 Å². The second-order valence-electron chi connectivity index (χ2n) is 5.24. The van der Waals surface area contributed by atoms with E-state index in [1.54, 1.807) is 6.20 Å². The molecule has 0 aliphatic rings. The van der Waals surface area contributed by atoms with Gasteiger partial charge in [-0.05, 0) is 26.3 Å². The highest BCUT2D eigenvalue weighted by atomic mass is 15.3. The molecule has 114 valence electrons. The Kier molecular flexibility index (Phi) is 5.14. The smallest absolute Gasteiger partial charge is 0.135 e. The maximum Gasteiger partial charge on any atom is 0.135 e. The summed E-state index contributed by atoms with van der Waals surface area (Å²) < 4.78 is 1.92. The number of hydrogen-bond donors (Lipinski definition) is 2. The molecule has 2 rings (SSSR count). The molecule has 0 saturated carbocycles. The van der Waals surface area contributed by atoms with Gasteiger partial charge >= 0.3 is 0 Å². The van der Waals surface area contributed by atoms with Crippen LogP contribution in [0.25, 0.3) is 0 Å². The van der Waals surface area contributed by atoms with Gasteiger partial charge in [0.1, 0.15) is 17.5 Å². The average molecular weight is 288 g/mol. The van der Waals surface area contributed by atoms with Crippen LogP contribution < -0.4 is 10.6 Å². The van der Waals surface area contributed by atoms with E-state index in [-0.39, 0.29) is 6.04 Å². The third kappa shape index (κ3) is 3.93. The molecule has 0 saturated heterocycles. The van der Waals surface area contributed by atoms with Crippen LogP contribution in [0.3, 0.4) is 0 Å². The quantitative estimate of drug-likeness (QED) is 0.819. The normalized spacial score (nSPS) is 12.2. The van der Waals surface area contributed by atoms with Crippen molar-refractivity contribution in [2.45, 2.75) is 46.2 Å². The molecule has 0 radical (unpaired) electrons. The zero-order chi connectivity index (χ0) is 15.2. The molecule has 0 spiro atoms. The third-order valence-electron chi connectivity index (χ3n) is 3.31. The number of nitrogens with one attached hydrogen (secondary N) is 2. The van der Waals surface area contributed by atoms with Gasteiger partial charge in [0, 0.05) is 37.5 Å². The van der Waals surface area contributed by atoms with Crippen LogP contribution in [0.1, 0.15) is 31.7 Å². The molecule has 0 fully saturated rings. The van der Waals surface area contributed by atoms with E-state index < -0.39 is 0 Å². The van der Waals surface area contributed by atoms with Crippen molar-refractivity contribution in [3.05, 3.63) is 29.8 Å². The molecular weight excluding hydrogens is 264 g/mol. The molecule has 6 nitrogen and oxygen atoms in total. The van der Waals surface area contributed by atoms with Gasteiger partial charge in [-0.25, -0.2) is 9.97 Å². The van der Waals surface area contributed by atoms with Crippen molar-refractivity contribution in [3.63, 3.8) is 0 Å². The SMILES string of the molecule is CCCc1nc(NC)c(C)c(NC(C)Cn2cccn2)n1. The summed E-state index contributed by atoms with van der Waals surface area (Å²) in [5.41, 5.74) is 1.05. The minimum atomic E-state index is 0.234. The van der Waals surface area contributed by atoms with E-state index in [0.29, 0.717) is 0 Å². The number of aryl methyl sites for hydroxylation is 1. The van der Waals surface area contributed by atoms with Crippen molar-refractivity contribution >= 4 is 11.6 Å². The first-order valence-corrected chi connectivity index (χ1v) is 7.43. The lowest BCUT2D eigenvalue weighted by atomic mass is 10.2. The average Bonchev–Trinajstić information content (AvgIpc) is 2.95. The lowest BCUT2D eigenvalue weighted by Crippen LogP contribution is -2.24. The lowest BCUT2D eigenvalue weighted by Gasteiger charge is -2.18. The first-order valence-electron chi connectivity index (χ1n) is 7.43. The topological polar surface area (TPSA) is 67.7 Å². The van der Waals surface area contributed by atoms with Crippen LogP contribution in [-0.4, -0.2) is 32.8 Å². The van der Waals surface area contributed by atoms with Crippen LogP contribution in [-0.2, 0) is 13.0 Å². The van der Waals surface area contributed by atoms with Crippen LogP contribution in [0, 0.1) is 6.92 Å². The van der Waals surface area contributed by atoms with Crippen molar-refractivity contribution < 1.29 is 0 Å². The molecule has 2 aromatic rings. The molecule has 0 aliphatic carbocycles. The summed E-state index contributed by atoms with van der Waals surface area (Å²) in [5.74, 6) is 2.67. The Morgan fingerprint density at radius 3 is 2.67 bits per heavy atom. The summed E-state index contributed by atoms with van der Waals surface area (Å²) in [7, 11) is 1.89. The monoisotopic (exact) mass is 288 g/mol. The molecule has 0 aromatic carbocycles. The molecule has 2 N–H and O–H groups in total. The minimum absolute atomic E-state index is 0.234. The first-order chi connectivity index (χ1) is 10.1. The number of aromatic nitrogens is 4. The highest BCUT2D eigenvalue weighted by Crippen LogP contribution is 2.21. The summed E-state index contributed by atoms with van der Waals surface area (Å²) in [5, 5.41) is 10.8. The summed E-state index contributed by atoms with van der Waals surface area (Å²) in [6, 6.07) is 2.17. The summed E-state index contributed by atoms with van der Waals surface area (Å²) >= 11 is 0. The van der Waals surface area contributed by atoms with E-state index >= 15 is 0 Å². The Morgan fingerprint density at radius 2 is 2.05 bits per heavy atom. The first kappa shape index (κ1) is 15.3. The molecule has 6 heteroatoms. The van der Waals surface area contributed by atoms with Crippen LogP contribution in [0.2, 0.25) is 0 Å². The van der Waals surface area contributed by atoms with Crippen LogP contribution in [0.5, 0.6) is 0 Å². The van der Waals surface area contributed by atoms with Gasteiger partial charge in [-0.15, -0.1) is 0 Å². The number of nitrogens with zero attached hydrogens (tertiary/aromatic N) is 4. The fraction of sp³-hybridized carbons (Fsp3) is 0.533. The Hall–Kier alpha value is -2.11. The van der Waals surface area contributed by atoms with Crippen molar-refractivity contribution in [2.75, 3.05) is 17.7 Å². The Labute approximate surface area is 126 Å². The molecule has 21 heavy (non-hydrogen) atoms. The summed E-state index contributed by atoms with van der Waals surface area (Å²) in [6.45, 7) is 7.09.